The van der Waals surface area contributed by atoms with Crippen LogP contribution in [0, 0.1) is 13.8 Å². The molecule has 0 aliphatic heterocycles. The van der Waals surface area contributed by atoms with Crippen LogP contribution in [0.4, 0.5) is 0 Å². The van der Waals surface area contributed by atoms with Crippen molar-refractivity contribution in [3.05, 3.63) is 57.4 Å². The maximum Gasteiger partial charge on any atom is 0.338 e. The van der Waals surface area contributed by atoms with Gasteiger partial charge >= 0.3 is 5.97 Å². The summed E-state index contributed by atoms with van der Waals surface area (Å²) in [7, 11) is 0. The Balaban J connectivity index is 1.76. The highest BCUT2D eigenvalue weighted by Crippen LogP contribution is 2.24. The quantitative estimate of drug-likeness (QED) is 0.636. The van der Waals surface area contributed by atoms with E-state index in [2.05, 4.69) is 4.98 Å². The number of ether oxygens (including phenoxy) is 1. The Morgan fingerprint density at radius 1 is 1.07 bits per heavy atom. The molecule has 0 saturated heterocycles. The number of H-pyrrole nitrogens is 1. The van der Waals surface area contributed by atoms with Gasteiger partial charge in [0.05, 0.1) is 11.3 Å². The first kappa shape index (κ1) is 19.1. The lowest BCUT2D eigenvalue weighted by Crippen LogP contribution is -2.25. The standard InChI is InChI=1S/C22H25NO4/c1-12-19(14(3)24)13(2)23-20(12)21(25)15(4)27-22(26)18-10-9-16-7-5-6-8-17(16)11-18/h9-11,15,23H,5-8H2,1-4H3/t15-/m0/s1. The van der Waals surface area contributed by atoms with Crippen LogP contribution in [0.3, 0.4) is 0 Å². The molecule has 0 amide bonds. The summed E-state index contributed by atoms with van der Waals surface area (Å²) in [5.74, 6) is -0.939. The zero-order valence-corrected chi connectivity index (χ0v) is 16.3. The summed E-state index contributed by atoms with van der Waals surface area (Å²) in [5.41, 5.74) is 5.04. The summed E-state index contributed by atoms with van der Waals surface area (Å²) in [5, 5.41) is 0. The monoisotopic (exact) mass is 367 g/mol. The highest BCUT2D eigenvalue weighted by atomic mass is 16.5. The van der Waals surface area contributed by atoms with Gasteiger partial charge in [-0.15, -0.1) is 0 Å². The molecule has 0 saturated carbocycles. The first-order valence-electron chi connectivity index (χ1n) is 9.36. The lowest BCUT2D eigenvalue weighted by Gasteiger charge is -2.17. The third kappa shape index (κ3) is 3.72. The minimum Gasteiger partial charge on any atom is -0.451 e. The first-order chi connectivity index (χ1) is 12.8. The highest BCUT2D eigenvalue weighted by molar-refractivity contribution is 6.05. The van der Waals surface area contributed by atoms with Crippen LogP contribution in [0.2, 0.25) is 0 Å². The number of esters is 1. The number of fused-ring (bicyclic) bond motifs is 1. The number of benzene rings is 1. The number of aryl methyl sites for hydroxylation is 3. The summed E-state index contributed by atoms with van der Waals surface area (Å²) >= 11 is 0. The normalized spacial score (nSPS) is 14.4. The van der Waals surface area contributed by atoms with Crippen LogP contribution in [0.5, 0.6) is 0 Å². The van der Waals surface area contributed by atoms with Crippen molar-refractivity contribution >= 4 is 17.5 Å². The highest BCUT2D eigenvalue weighted by Gasteiger charge is 2.26. The fourth-order valence-electron chi connectivity index (χ4n) is 3.87. The Morgan fingerprint density at radius 2 is 1.74 bits per heavy atom. The van der Waals surface area contributed by atoms with Gasteiger partial charge in [-0.2, -0.15) is 0 Å². The molecule has 1 heterocycles. The SMILES string of the molecule is CC(=O)c1c(C)[nH]c(C(=O)[C@H](C)OC(=O)c2ccc3c(c2)CCCC3)c1C. The number of nitrogens with one attached hydrogen (secondary N) is 1. The molecule has 2 aromatic rings. The molecule has 5 nitrogen and oxygen atoms in total. The molecular formula is C22H25NO4. The van der Waals surface area contributed by atoms with Gasteiger partial charge in [0, 0.05) is 11.3 Å². The van der Waals surface area contributed by atoms with Crippen molar-refractivity contribution in [2.24, 2.45) is 0 Å². The molecule has 1 N–H and O–H groups in total. The number of hydrogen-bond donors (Lipinski definition) is 1. The van der Waals surface area contributed by atoms with Gasteiger partial charge in [-0.1, -0.05) is 6.07 Å². The number of aromatic nitrogens is 1. The van der Waals surface area contributed by atoms with Gasteiger partial charge in [0.25, 0.3) is 0 Å². The van der Waals surface area contributed by atoms with E-state index in [0.717, 1.165) is 19.3 Å². The predicted octanol–water partition coefficient (Wildman–Crippen LogP) is 4.14. The molecule has 3 rings (SSSR count). The number of carbonyl (C=O) groups is 3. The van der Waals surface area contributed by atoms with E-state index in [-0.39, 0.29) is 11.6 Å². The Hall–Kier alpha value is -2.69. The summed E-state index contributed by atoms with van der Waals surface area (Å²) < 4.78 is 5.41. The molecule has 1 aromatic carbocycles. The third-order valence-corrected chi connectivity index (χ3v) is 5.27. The van der Waals surface area contributed by atoms with Crippen molar-refractivity contribution in [1.82, 2.24) is 4.98 Å². The second-order valence-electron chi connectivity index (χ2n) is 7.28. The van der Waals surface area contributed by atoms with Crippen LogP contribution in [0.25, 0.3) is 0 Å². The van der Waals surface area contributed by atoms with Gasteiger partial charge in [0.2, 0.25) is 5.78 Å². The fourth-order valence-corrected chi connectivity index (χ4v) is 3.87. The number of aromatic amines is 1. The molecule has 27 heavy (non-hydrogen) atoms. The van der Waals surface area contributed by atoms with Crippen molar-refractivity contribution in [2.45, 2.75) is 59.5 Å². The summed E-state index contributed by atoms with van der Waals surface area (Å²) in [6.07, 6.45) is 3.39. The summed E-state index contributed by atoms with van der Waals surface area (Å²) in [6.45, 7) is 6.51. The van der Waals surface area contributed by atoms with Crippen LogP contribution in [-0.4, -0.2) is 28.6 Å². The smallest absolute Gasteiger partial charge is 0.338 e. The Bertz CT molecular complexity index is 923. The van der Waals surface area contributed by atoms with Crippen molar-refractivity contribution in [3.8, 4) is 0 Å². The number of rotatable bonds is 5. The van der Waals surface area contributed by atoms with Gasteiger partial charge in [-0.25, -0.2) is 4.79 Å². The molecule has 1 aliphatic rings. The van der Waals surface area contributed by atoms with Crippen LogP contribution >= 0.6 is 0 Å². The molecule has 1 aromatic heterocycles. The zero-order valence-electron chi connectivity index (χ0n) is 16.3. The van der Waals surface area contributed by atoms with Crippen molar-refractivity contribution in [2.75, 3.05) is 0 Å². The van der Waals surface area contributed by atoms with E-state index in [4.69, 9.17) is 4.74 Å². The van der Waals surface area contributed by atoms with Crippen molar-refractivity contribution in [3.63, 3.8) is 0 Å². The van der Waals surface area contributed by atoms with E-state index < -0.39 is 12.1 Å². The lowest BCUT2D eigenvalue weighted by atomic mass is 9.90. The fraction of sp³-hybridized carbons (Fsp3) is 0.409. The topological polar surface area (TPSA) is 76.2 Å². The van der Waals surface area contributed by atoms with E-state index in [0.29, 0.717) is 28.1 Å². The van der Waals surface area contributed by atoms with Gasteiger partial charge < -0.3 is 9.72 Å². The van der Waals surface area contributed by atoms with Crippen LogP contribution in [0.1, 0.15) is 80.3 Å². The van der Waals surface area contributed by atoms with Gasteiger partial charge in [0.1, 0.15) is 0 Å². The first-order valence-corrected chi connectivity index (χ1v) is 9.36. The maximum absolute atomic E-state index is 12.7. The molecule has 0 bridgehead atoms. The van der Waals surface area contributed by atoms with Crippen molar-refractivity contribution < 1.29 is 19.1 Å². The zero-order chi connectivity index (χ0) is 19.7. The third-order valence-electron chi connectivity index (χ3n) is 5.27. The minimum atomic E-state index is -0.940. The molecular weight excluding hydrogens is 342 g/mol. The van der Waals surface area contributed by atoms with Gasteiger partial charge in [0.15, 0.2) is 11.9 Å². The Kier molecular flexibility index (Phi) is 5.31. The summed E-state index contributed by atoms with van der Waals surface area (Å²) in [6, 6.07) is 5.63. The Morgan fingerprint density at radius 3 is 2.37 bits per heavy atom. The number of ketones is 2. The maximum atomic E-state index is 12.7. The molecule has 0 radical (unpaired) electrons. The molecule has 0 unspecified atom stereocenters. The largest absolute Gasteiger partial charge is 0.451 e. The van der Waals surface area contributed by atoms with Gasteiger partial charge in [-0.05, 0) is 82.2 Å². The molecule has 0 spiro atoms. The van der Waals surface area contributed by atoms with Gasteiger partial charge in [-0.3, -0.25) is 9.59 Å². The van der Waals surface area contributed by atoms with E-state index in [1.54, 1.807) is 26.8 Å². The number of Topliss-reactive ketones (excluding diaryl/α,β-unsaturated/α-hetero) is 2. The lowest BCUT2D eigenvalue weighted by molar-refractivity contribution is 0.0316. The van der Waals surface area contributed by atoms with E-state index in [1.807, 2.05) is 12.1 Å². The van der Waals surface area contributed by atoms with E-state index in [1.165, 1.54) is 24.5 Å². The molecule has 0 fully saturated rings. The average Bonchev–Trinajstić information content (AvgIpc) is 2.94. The summed E-state index contributed by atoms with van der Waals surface area (Å²) in [4.78, 5) is 40.0. The second kappa shape index (κ2) is 7.51. The molecule has 5 heteroatoms. The average molecular weight is 367 g/mol. The predicted molar refractivity (Wildman–Crippen MR) is 103 cm³/mol. The van der Waals surface area contributed by atoms with Crippen LogP contribution in [-0.2, 0) is 17.6 Å². The Labute approximate surface area is 159 Å². The van der Waals surface area contributed by atoms with E-state index in [9.17, 15) is 14.4 Å². The van der Waals surface area contributed by atoms with Crippen LogP contribution in [0.15, 0.2) is 18.2 Å². The second-order valence-corrected chi connectivity index (χ2v) is 7.28. The van der Waals surface area contributed by atoms with Crippen LogP contribution < -0.4 is 0 Å². The number of carbonyl (C=O) groups excluding carboxylic acids is 3. The van der Waals surface area contributed by atoms with E-state index >= 15 is 0 Å². The minimum absolute atomic E-state index is 0.0981. The number of hydrogen-bond acceptors (Lipinski definition) is 4. The van der Waals surface area contributed by atoms with Crippen molar-refractivity contribution in [1.29, 1.82) is 0 Å². The molecule has 1 aliphatic carbocycles. The molecule has 1 atom stereocenters. The molecule has 142 valence electrons.